The van der Waals surface area contributed by atoms with Gasteiger partial charge >= 0.3 is 0 Å². The monoisotopic (exact) mass is 418 g/mol. The van der Waals surface area contributed by atoms with Gasteiger partial charge < -0.3 is 0 Å². The molecule has 7 rings (SSSR count). The summed E-state index contributed by atoms with van der Waals surface area (Å²) in [6.07, 6.45) is 0. The quantitative estimate of drug-likeness (QED) is 0.245. The smallest absolute Gasteiger partial charge is 0.00203 e. The van der Waals surface area contributed by atoms with Crippen molar-refractivity contribution in [2.45, 2.75) is 6.92 Å². The molecule has 0 saturated carbocycles. The van der Waals surface area contributed by atoms with E-state index in [1.165, 1.54) is 70.9 Å². The van der Waals surface area contributed by atoms with E-state index in [9.17, 15) is 0 Å². The molecule has 7 aromatic rings. The first kappa shape index (κ1) is 18.4. The Hall–Kier alpha value is -4.16. The molecular weight excluding hydrogens is 396 g/mol. The highest BCUT2D eigenvalue weighted by Gasteiger charge is 2.16. The number of aryl methyl sites for hydroxylation is 1. The maximum Gasteiger partial charge on any atom is -0.00203 e. The molecule has 0 aliphatic rings. The van der Waals surface area contributed by atoms with Crippen molar-refractivity contribution in [2.75, 3.05) is 0 Å². The third-order valence-corrected chi connectivity index (χ3v) is 7.18. The van der Waals surface area contributed by atoms with Gasteiger partial charge in [0.15, 0.2) is 0 Å². The predicted molar refractivity (Wildman–Crippen MR) is 143 cm³/mol. The van der Waals surface area contributed by atoms with E-state index in [4.69, 9.17) is 0 Å². The molecule has 0 heteroatoms. The molecule has 0 aromatic heterocycles. The molecule has 0 atom stereocenters. The van der Waals surface area contributed by atoms with E-state index in [-0.39, 0.29) is 0 Å². The van der Waals surface area contributed by atoms with E-state index in [0.29, 0.717) is 0 Å². The third kappa shape index (κ3) is 2.64. The molecule has 33 heavy (non-hydrogen) atoms. The van der Waals surface area contributed by atoms with Crippen LogP contribution in [0.4, 0.5) is 0 Å². The van der Waals surface area contributed by atoms with Gasteiger partial charge in [-0.3, -0.25) is 0 Å². The Morgan fingerprint density at radius 3 is 1.58 bits per heavy atom. The van der Waals surface area contributed by atoms with Crippen LogP contribution in [0.15, 0.2) is 115 Å². The normalized spacial score (nSPS) is 11.8. The fourth-order valence-electron chi connectivity index (χ4n) is 5.61. The number of rotatable bonds is 2. The Morgan fingerprint density at radius 2 is 0.848 bits per heavy atom. The highest BCUT2D eigenvalue weighted by Crippen LogP contribution is 2.43. The van der Waals surface area contributed by atoms with Gasteiger partial charge in [-0.15, -0.1) is 0 Å². The van der Waals surface area contributed by atoms with E-state index in [1.54, 1.807) is 0 Å². The second-order valence-electron chi connectivity index (χ2n) is 8.99. The van der Waals surface area contributed by atoms with E-state index < -0.39 is 0 Å². The minimum absolute atomic E-state index is 1.28. The molecule has 0 N–H and O–H groups in total. The lowest BCUT2D eigenvalue weighted by atomic mass is 9.86. The SMILES string of the molecule is Cc1ccccc1-c1ccc2ccc3c(-c4cccc5ccccc45)ccc4ccc1c2c43. The molecule has 0 saturated heterocycles. The number of benzene rings is 7. The summed E-state index contributed by atoms with van der Waals surface area (Å²) in [6.45, 7) is 2.20. The lowest BCUT2D eigenvalue weighted by Crippen LogP contribution is -1.90. The molecule has 0 nitrogen and oxygen atoms in total. The minimum Gasteiger partial charge on any atom is -0.0620 e. The van der Waals surface area contributed by atoms with Crippen molar-refractivity contribution in [3.63, 3.8) is 0 Å². The van der Waals surface area contributed by atoms with Crippen molar-refractivity contribution in [1.29, 1.82) is 0 Å². The van der Waals surface area contributed by atoms with E-state index >= 15 is 0 Å². The van der Waals surface area contributed by atoms with Crippen LogP contribution in [-0.2, 0) is 0 Å². The van der Waals surface area contributed by atoms with Gasteiger partial charge in [0.1, 0.15) is 0 Å². The van der Waals surface area contributed by atoms with Gasteiger partial charge in [0.25, 0.3) is 0 Å². The van der Waals surface area contributed by atoms with E-state index in [2.05, 4.69) is 122 Å². The zero-order valence-electron chi connectivity index (χ0n) is 18.5. The largest absolute Gasteiger partial charge is 0.0620 e. The molecule has 0 aliphatic heterocycles. The molecule has 0 unspecified atom stereocenters. The molecule has 0 spiro atoms. The van der Waals surface area contributed by atoms with E-state index in [0.717, 1.165) is 0 Å². The summed E-state index contributed by atoms with van der Waals surface area (Å²) in [7, 11) is 0. The van der Waals surface area contributed by atoms with Crippen LogP contribution in [0, 0.1) is 6.92 Å². The highest BCUT2D eigenvalue weighted by atomic mass is 14.2. The third-order valence-electron chi connectivity index (χ3n) is 7.18. The first-order valence-corrected chi connectivity index (χ1v) is 11.5. The predicted octanol–water partition coefficient (Wildman–Crippen LogP) is 9.38. The molecule has 154 valence electrons. The van der Waals surface area contributed by atoms with Crippen LogP contribution in [0.2, 0.25) is 0 Å². The highest BCUT2D eigenvalue weighted by molar-refractivity contribution is 6.28. The van der Waals surface area contributed by atoms with Crippen LogP contribution in [-0.4, -0.2) is 0 Å². The molecule has 0 bridgehead atoms. The van der Waals surface area contributed by atoms with Crippen molar-refractivity contribution >= 4 is 43.1 Å². The van der Waals surface area contributed by atoms with Crippen LogP contribution in [0.5, 0.6) is 0 Å². The van der Waals surface area contributed by atoms with Gasteiger partial charge in [-0.1, -0.05) is 115 Å². The Morgan fingerprint density at radius 1 is 0.333 bits per heavy atom. The van der Waals surface area contributed by atoms with Crippen molar-refractivity contribution in [2.24, 2.45) is 0 Å². The average Bonchev–Trinajstić information content (AvgIpc) is 2.87. The molecule has 0 radical (unpaired) electrons. The maximum absolute atomic E-state index is 2.31. The van der Waals surface area contributed by atoms with Gasteiger partial charge in [0.2, 0.25) is 0 Å². The van der Waals surface area contributed by atoms with Crippen molar-refractivity contribution in [3.05, 3.63) is 121 Å². The maximum atomic E-state index is 2.31. The second-order valence-corrected chi connectivity index (χ2v) is 8.99. The number of hydrogen-bond acceptors (Lipinski definition) is 0. The fourth-order valence-corrected chi connectivity index (χ4v) is 5.61. The Labute approximate surface area is 193 Å². The van der Waals surface area contributed by atoms with Gasteiger partial charge in [0, 0.05) is 0 Å². The average molecular weight is 419 g/mol. The first-order valence-electron chi connectivity index (χ1n) is 11.5. The van der Waals surface area contributed by atoms with Crippen molar-refractivity contribution in [1.82, 2.24) is 0 Å². The van der Waals surface area contributed by atoms with Gasteiger partial charge in [-0.25, -0.2) is 0 Å². The van der Waals surface area contributed by atoms with Crippen LogP contribution >= 0.6 is 0 Å². The Balaban J connectivity index is 1.61. The van der Waals surface area contributed by atoms with Crippen LogP contribution in [0.3, 0.4) is 0 Å². The number of fused-ring (bicyclic) bond motifs is 1. The summed E-state index contributed by atoms with van der Waals surface area (Å²) < 4.78 is 0. The topological polar surface area (TPSA) is 0 Å². The first-order chi connectivity index (χ1) is 16.3. The Bertz CT molecular complexity index is 1820. The van der Waals surface area contributed by atoms with Crippen LogP contribution < -0.4 is 0 Å². The lowest BCUT2D eigenvalue weighted by molar-refractivity contribution is 1.47. The lowest BCUT2D eigenvalue weighted by Gasteiger charge is -2.17. The summed E-state index contributed by atoms with van der Waals surface area (Å²) in [5, 5.41) is 10.6. The summed E-state index contributed by atoms with van der Waals surface area (Å²) >= 11 is 0. The molecule has 0 fully saturated rings. The summed E-state index contributed by atoms with van der Waals surface area (Å²) in [5.74, 6) is 0. The van der Waals surface area contributed by atoms with Crippen LogP contribution in [0.1, 0.15) is 5.56 Å². The van der Waals surface area contributed by atoms with Crippen molar-refractivity contribution in [3.8, 4) is 22.3 Å². The van der Waals surface area contributed by atoms with E-state index in [1.807, 2.05) is 0 Å². The molecular formula is C33H22. The summed E-state index contributed by atoms with van der Waals surface area (Å²) in [4.78, 5) is 0. The molecule has 0 heterocycles. The zero-order valence-corrected chi connectivity index (χ0v) is 18.5. The molecule has 0 amide bonds. The summed E-state index contributed by atoms with van der Waals surface area (Å²) in [5.41, 5.74) is 6.53. The standard InChI is InChI=1S/C33H22/c1-21-7-2-4-10-25(21)28-17-13-23-16-20-31-29(18-14-24-15-19-30(28)32(23)33(24)31)27-12-6-9-22-8-3-5-11-26(22)27/h2-20H,1H3. The van der Waals surface area contributed by atoms with Crippen molar-refractivity contribution < 1.29 is 0 Å². The molecule has 7 aromatic carbocycles. The number of hydrogen-bond donors (Lipinski definition) is 0. The van der Waals surface area contributed by atoms with Gasteiger partial charge in [0.05, 0.1) is 0 Å². The minimum atomic E-state index is 1.28. The Kier molecular flexibility index (Phi) is 3.86. The summed E-state index contributed by atoms with van der Waals surface area (Å²) in [6, 6.07) is 42.4. The van der Waals surface area contributed by atoms with Crippen LogP contribution in [0.25, 0.3) is 65.3 Å². The zero-order chi connectivity index (χ0) is 21.9. The van der Waals surface area contributed by atoms with Gasteiger partial charge in [-0.2, -0.15) is 0 Å². The molecule has 0 aliphatic carbocycles. The second kappa shape index (κ2) is 6.92. The fraction of sp³-hybridized carbons (Fsp3) is 0.0303. The van der Waals surface area contributed by atoms with Gasteiger partial charge in [-0.05, 0) is 77.8 Å².